The van der Waals surface area contributed by atoms with Crippen LogP contribution in [0.15, 0.2) is 34.5 Å². The summed E-state index contributed by atoms with van der Waals surface area (Å²) in [6.07, 6.45) is 0. The third-order valence-corrected chi connectivity index (χ3v) is 5.25. The summed E-state index contributed by atoms with van der Waals surface area (Å²) in [5.74, 6) is -2.17. The zero-order valence-corrected chi connectivity index (χ0v) is 12.1. The van der Waals surface area contributed by atoms with Crippen LogP contribution in [-0.4, -0.2) is 8.42 Å². The molecule has 4 nitrogen and oxygen atoms in total. The van der Waals surface area contributed by atoms with E-state index in [-0.39, 0.29) is 0 Å². The van der Waals surface area contributed by atoms with Crippen LogP contribution in [0.2, 0.25) is 0 Å². The lowest BCUT2D eigenvalue weighted by Gasteiger charge is -2.13. The first-order chi connectivity index (χ1) is 9.31. The molecule has 2 aromatic rings. The van der Waals surface area contributed by atoms with Crippen molar-refractivity contribution in [2.24, 2.45) is 0 Å². The van der Waals surface area contributed by atoms with Crippen LogP contribution >= 0.6 is 11.3 Å². The molecule has 0 aliphatic carbocycles. The highest BCUT2D eigenvalue weighted by atomic mass is 32.2. The minimum atomic E-state index is -4.12. The van der Waals surface area contributed by atoms with Crippen LogP contribution in [0.25, 0.3) is 0 Å². The maximum atomic E-state index is 13.6. The van der Waals surface area contributed by atoms with Gasteiger partial charge in [-0.05, 0) is 24.4 Å². The highest BCUT2D eigenvalue weighted by molar-refractivity contribution is 7.89. The maximum Gasteiger partial charge on any atom is 0.244 e. The van der Waals surface area contributed by atoms with Gasteiger partial charge in [-0.15, -0.1) is 11.3 Å². The molecule has 1 aromatic carbocycles. The van der Waals surface area contributed by atoms with Gasteiger partial charge in [0.1, 0.15) is 16.5 Å². The highest BCUT2D eigenvalue weighted by Crippen LogP contribution is 2.24. The molecular formula is C12H12F2N2O2S2. The Morgan fingerprint density at radius 3 is 2.60 bits per heavy atom. The molecule has 0 fully saturated rings. The highest BCUT2D eigenvalue weighted by Gasteiger charge is 2.24. The minimum Gasteiger partial charge on any atom is -0.396 e. The molecule has 20 heavy (non-hydrogen) atoms. The van der Waals surface area contributed by atoms with E-state index in [0.29, 0.717) is 6.07 Å². The average Bonchev–Trinajstić information content (AvgIpc) is 2.86. The second kappa shape index (κ2) is 5.47. The number of thiophene rings is 1. The summed E-state index contributed by atoms with van der Waals surface area (Å²) in [6, 6.07) is 4.24. The molecule has 0 bridgehead atoms. The Hall–Kier alpha value is -1.51. The van der Waals surface area contributed by atoms with Crippen LogP contribution < -0.4 is 10.5 Å². The molecule has 0 radical (unpaired) electrons. The number of rotatable bonds is 4. The smallest absolute Gasteiger partial charge is 0.244 e. The Bertz CT molecular complexity index is 715. The van der Waals surface area contributed by atoms with Crippen molar-refractivity contribution in [2.45, 2.75) is 17.9 Å². The molecule has 1 unspecified atom stereocenters. The molecule has 1 heterocycles. The van der Waals surface area contributed by atoms with Gasteiger partial charge in [-0.25, -0.2) is 21.9 Å². The number of hydrogen-bond donors (Lipinski definition) is 2. The predicted molar refractivity (Wildman–Crippen MR) is 73.8 cm³/mol. The average molecular weight is 318 g/mol. The first-order valence-electron chi connectivity index (χ1n) is 5.61. The quantitative estimate of drug-likeness (QED) is 0.851. The van der Waals surface area contributed by atoms with Crippen molar-refractivity contribution in [3.05, 3.63) is 46.2 Å². The van der Waals surface area contributed by atoms with E-state index >= 15 is 0 Å². The molecule has 0 aliphatic heterocycles. The summed E-state index contributed by atoms with van der Waals surface area (Å²) >= 11 is 1.37. The van der Waals surface area contributed by atoms with E-state index in [9.17, 15) is 17.2 Å². The Kier molecular flexibility index (Phi) is 4.07. The number of nitrogens with one attached hydrogen (secondary N) is 1. The summed E-state index contributed by atoms with van der Waals surface area (Å²) < 4.78 is 53.2. The van der Waals surface area contributed by atoms with Crippen LogP contribution in [0.1, 0.15) is 17.8 Å². The normalized spacial score (nSPS) is 13.3. The van der Waals surface area contributed by atoms with Crippen LogP contribution in [-0.2, 0) is 10.0 Å². The Balaban J connectivity index is 2.34. The first kappa shape index (κ1) is 14.9. The summed E-state index contributed by atoms with van der Waals surface area (Å²) in [4.78, 5) is 0.115. The molecule has 1 atom stereocenters. The zero-order valence-electron chi connectivity index (χ0n) is 10.4. The van der Waals surface area contributed by atoms with E-state index < -0.39 is 38.3 Å². The van der Waals surface area contributed by atoms with Crippen LogP contribution in [0.5, 0.6) is 0 Å². The molecule has 0 spiro atoms. The molecule has 0 saturated heterocycles. The number of halogens is 2. The van der Waals surface area contributed by atoms with Gasteiger partial charge >= 0.3 is 0 Å². The molecule has 2 rings (SSSR count). The van der Waals surface area contributed by atoms with Crippen molar-refractivity contribution >= 4 is 27.0 Å². The number of anilines is 1. The van der Waals surface area contributed by atoms with Gasteiger partial charge in [0.15, 0.2) is 0 Å². The van der Waals surface area contributed by atoms with Crippen LogP contribution in [0, 0.1) is 11.6 Å². The van der Waals surface area contributed by atoms with Crippen LogP contribution in [0.3, 0.4) is 0 Å². The molecule has 3 N–H and O–H groups in total. The molecule has 0 aliphatic rings. The summed E-state index contributed by atoms with van der Waals surface area (Å²) in [5, 5.41) is 1.80. The van der Waals surface area contributed by atoms with Gasteiger partial charge in [-0.1, -0.05) is 6.07 Å². The van der Waals surface area contributed by atoms with Gasteiger partial charge in [0.25, 0.3) is 0 Å². The van der Waals surface area contributed by atoms with E-state index in [2.05, 4.69) is 4.72 Å². The summed E-state index contributed by atoms with van der Waals surface area (Å²) in [5.41, 5.74) is 4.86. The van der Waals surface area contributed by atoms with Crippen molar-refractivity contribution in [1.29, 1.82) is 0 Å². The maximum absolute atomic E-state index is 13.6. The monoisotopic (exact) mass is 318 g/mol. The number of nitrogens with two attached hydrogens (primary N) is 1. The number of benzene rings is 1. The van der Waals surface area contributed by atoms with E-state index in [1.54, 1.807) is 24.4 Å². The number of sulfonamides is 1. The fourth-order valence-electron chi connectivity index (χ4n) is 1.64. The molecule has 1 aromatic heterocycles. The van der Waals surface area contributed by atoms with Crippen molar-refractivity contribution in [2.75, 3.05) is 5.73 Å². The Morgan fingerprint density at radius 1 is 1.30 bits per heavy atom. The Morgan fingerprint density at radius 2 is 2.00 bits per heavy atom. The number of nitrogen functional groups attached to an aromatic ring is 1. The molecule has 0 saturated carbocycles. The Labute approximate surface area is 119 Å². The van der Waals surface area contributed by atoms with Crippen molar-refractivity contribution < 1.29 is 17.2 Å². The van der Waals surface area contributed by atoms with Gasteiger partial charge < -0.3 is 5.73 Å². The van der Waals surface area contributed by atoms with E-state index in [1.165, 1.54) is 11.3 Å². The van der Waals surface area contributed by atoms with Gasteiger partial charge in [-0.2, -0.15) is 0 Å². The van der Waals surface area contributed by atoms with E-state index in [4.69, 9.17) is 5.73 Å². The fraction of sp³-hybridized carbons (Fsp3) is 0.167. The minimum absolute atomic E-state index is 0.421. The second-order valence-electron chi connectivity index (χ2n) is 4.16. The summed E-state index contributed by atoms with van der Waals surface area (Å²) in [6.45, 7) is 1.63. The van der Waals surface area contributed by atoms with Crippen LogP contribution in [0.4, 0.5) is 14.5 Å². The molecular weight excluding hydrogens is 306 g/mol. The topological polar surface area (TPSA) is 72.2 Å². The van der Waals surface area contributed by atoms with Gasteiger partial charge in [0.2, 0.25) is 10.0 Å². The lowest BCUT2D eigenvalue weighted by atomic mass is 10.3. The number of hydrogen-bond acceptors (Lipinski definition) is 4. The van der Waals surface area contributed by atoms with Crippen molar-refractivity contribution in [1.82, 2.24) is 4.72 Å². The van der Waals surface area contributed by atoms with Crippen molar-refractivity contribution in [3.63, 3.8) is 0 Å². The zero-order chi connectivity index (χ0) is 14.9. The lowest BCUT2D eigenvalue weighted by molar-refractivity contribution is 0.538. The third kappa shape index (κ3) is 2.97. The van der Waals surface area contributed by atoms with Crippen molar-refractivity contribution in [3.8, 4) is 0 Å². The lowest BCUT2D eigenvalue weighted by Crippen LogP contribution is -2.27. The van der Waals surface area contributed by atoms with E-state index in [1.807, 2.05) is 0 Å². The molecule has 8 heteroatoms. The third-order valence-electron chi connectivity index (χ3n) is 2.64. The fourth-order valence-corrected chi connectivity index (χ4v) is 3.77. The summed E-state index contributed by atoms with van der Waals surface area (Å²) in [7, 11) is -4.12. The van der Waals surface area contributed by atoms with Gasteiger partial charge in [0, 0.05) is 10.9 Å². The largest absolute Gasteiger partial charge is 0.396 e. The van der Waals surface area contributed by atoms with Gasteiger partial charge in [0.05, 0.1) is 11.7 Å². The predicted octanol–water partition coefficient (Wildman–Crippen LogP) is 2.65. The van der Waals surface area contributed by atoms with E-state index in [0.717, 1.165) is 10.9 Å². The molecule has 0 amide bonds. The second-order valence-corrected chi connectivity index (χ2v) is 6.82. The van der Waals surface area contributed by atoms with Gasteiger partial charge in [-0.3, -0.25) is 0 Å². The SMILES string of the molecule is CC(NS(=O)(=O)c1cc(N)c(F)cc1F)c1cccs1. The standard InChI is InChI=1S/C12H12F2N2O2S2/c1-7(11-3-2-4-19-11)16-20(17,18)12-6-10(15)8(13)5-9(12)14/h2-7,16H,15H2,1H3. The molecule has 108 valence electrons. The first-order valence-corrected chi connectivity index (χ1v) is 7.98.